The van der Waals surface area contributed by atoms with Gasteiger partial charge in [0.15, 0.2) is 0 Å². The first kappa shape index (κ1) is 17.8. The minimum Gasteiger partial charge on any atom is -0.492 e. The van der Waals surface area contributed by atoms with E-state index >= 15 is 0 Å². The first-order valence-electron chi connectivity index (χ1n) is 7.26. The van der Waals surface area contributed by atoms with E-state index in [0.717, 1.165) is 22.4 Å². The maximum atomic E-state index is 12.2. The molecule has 0 atom stereocenters. The van der Waals surface area contributed by atoms with Crippen molar-refractivity contribution in [3.05, 3.63) is 58.1 Å². The molecule has 0 aliphatic heterocycles. The van der Waals surface area contributed by atoms with Gasteiger partial charge in [0.2, 0.25) is 10.0 Å². The van der Waals surface area contributed by atoms with Crippen molar-refractivity contribution in [3.63, 3.8) is 0 Å². The molecular weight excluding hydrogens is 334 g/mol. The van der Waals surface area contributed by atoms with E-state index in [2.05, 4.69) is 4.72 Å². The summed E-state index contributed by atoms with van der Waals surface area (Å²) in [6, 6.07) is 10.2. The molecule has 0 unspecified atom stereocenters. The maximum absolute atomic E-state index is 12.2. The van der Waals surface area contributed by atoms with Crippen LogP contribution in [-0.4, -0.2) is 21.6 Å². The second-order valence-corrected chi connectivity index (χ2v) is 7.56. The lowest BCUT2D eigenvalue weighted by molar-refractivity contribution is 0.318. The Kier molecular flexibility index (Phi) is 5.68. The average Bonchev–Trinajstić information content (AvgIpc) is 2.50. The van der Waals surface area contributed by atoms with Gasteiger partial charge in [-0.2, -0.15) is 0 Å². The van der Waals surface area contributed by atoms with E-state index in [0.29, 0.717) is 5.02 Å². The zero-order valence-corrected chi connectivity index (χ0v) is 15.0. The fourth-order valence-electron chi connectivity index (χ4n) is 2.19. The van der Waals surface area contributed by atoms with Gasteiger partial charge in [0, 0.05) is 11.6 Å². The summed E-state index contributed by atoms with van der Waals surface area (Å²) in [7, 11) is -3.58. The Hall–Kier alpha value is -1.56. The number of halogens is 1. The molecule has 6 heteroatoms. The SMILES string of the molecule is Cc1ccc(C)c(OCCNS(=O)(=O)c2cccc(Cl)c2)c1C. The third kappa shape index (κ3) is 4.47. The number of rotatable bonds is 6. The molecule has 2 rings (SSSR count). The zero-order chi connectivity index (χ0) is 17.0. The van der Waals surface area contributed by atoms with Crippen LogP contribution in [0.1, 0.15) is 16.7 Å². The van der Waals surface area contributed by atoms with Gasteiger partial charge in [-0.3, -0.25) is 0 Å². The van der Waals surface area contributed by atoms with Crippen LogP contribution in [0.15, 0.2) is 41.3 Å². The number of hydrogen-bond acceptors (Lipinski definition) is 3. The number of hydrogen-bond donors (Lipinski definition) is 1. The van der Waals surface area contributed by atoms with Crippen LogP contribution >= 0.6 is 11.6 Å². The lowest BCUT2D eigenvalue weighted by atomic mass is 10.1. The molecule has 4 nitrogen and oxygen atoms in total. The topological polar surface area (TPSA) is 55.4 Å². The average molecular weight is 354 g/mol. The summed E-state index contributed by atoms with van der Waals surface area (Å²) in [6.45, 7) is 6.42. The summed E-state index contributed by atoms with van der Waals surface area (Å²) in [6.07, 6.45) is 0. The van der Waals surface area contributed by atoms with Gasteiger partial charge in [-0.15, -0.1) is 0 Å². The van der Waals surface area contributed by atoms with E-state index < -0.39 is 10.0 Å². The molecule has 0 bridgehead atoms. The highest BCUT2D eigenvalue weighted by Crippen LogP contribution is 2.25. The van der Waals surface area contributed by atoms with E-state index in [4.69, 9.17) is 16.3 Å². The number of benzene rings is 2. The molecule has 0 saturated carbocycles. The fourth-order valence-corrected chi connectivity index (χ4v) is 3.51. The van der Waals surface area contributed by atoms with Crippen molar-refractivity contribution in [2.45, 2.75) is 25.7 Å². The van der Waals surface area contributed by atoms with Crippen molar-refractivity contribution in [2.75, 3.05) is 13.2 Å². The summed E-state index contributed by atoms with van der Waals surface area (Å²) in [5.41, 5.74) is 3.25. The zero-order valence-electron chi connectivity index (χ0n) is 13.4. The lowest BCUT2D eigenvalue weighted by Crippen LogP contribution is -2.28. The molecule has 0 fully saturated rings. The quantitative estimate of drug-likeness (QED) is 0.807. The molecule has 0 amide bonds. The van der Waals surface area contributed by atoms with Crippen LogP contribution in [0.5, 0.6) is 5.75 Å². The van der Waals surface area contributed by atoms with Gasteiger partial charge >= 0.3 is 0 Å². The van der Waals surface area contributed by atoms with E-state index in [1.165, 1.54) is 12.1 Å². The third-order valence-corrected chi connectivity index (χ3v) is 5.31. The maximum Gasteiger partial charge on any atom is 0.240 e. The van der Waals surface area contributed by atoms with Gasteiger partial charge in [-0.1, -0.05) is 29.8 Å². The standard InChI is InChI=1S/C17H20ClNO3S/c1-12-7-8-13(2)17(14(12)3)22-10-9-19-23(20,21)16-6-4-5-15(18)11-16/h4-8,11,19H,9-10H2,1-3H3. The first-order chi connectivity index (χ1) is 10.8. The number of sulfonamides is 1. The first-order valence-corrected chi connectivity index (χ1v) is 9.12. The molecule has 124 valence electrons. The van der Waals surface area contributed by atoms with Crippen molar-refractivity contribution >= 4 is 21.6 Å². The molecule has 0 aromatic heterocycles. The smallest absolute Gasteiger partial charge is 0.240 e. The van der Waals surface area contributed by atoms with Crippen LogP contribution in [0, 0.1) is 20.8 Å². The van der Waals surface area contributed by atoms with E-state index in [1.807, 2.05) is 32.9 Å². The number of ether oxygens (including phenoxy) is 1. The van der Waals surface area contributed by atoms with Crippen LogP contribution in [-0.2, 0) is 10.0 Å². The molecular formula is C17H20ClNO3S. The highest BCUT2D eigenvalue weighted by molar-refractivity contribution is 7.89. The Labute approximate surface area is 142 Å². The summed E-state index contributed by atoms with van der Waals surface area (Å²) < 4.78 is 32.6. The van der Waals surface area contributed by atoms with E-state index in [-0.39, 0.29) is 18.0 Å². The Bertz CT molecular complexity index is 803. The van der Waals surface area contributed by atoms with Crippen LogP contribution in [0.25, 0.3) is 0 Å². The van der Waals surface area contributed by atoms with E-state index in [9.17, 15) is 8.42 Å². The van der Waals surface area contributed by atoms with Gasteiger partial charge in [-0.25, -0.2) is 13.1 Å². The van der Waals surface area contributed by atoms with Gasteiger partial charge in [0.25, 0.3) is 0 Å². The van der Waals surface area contributed by atoms with Crippen LogP contribution in [0.4, 0.5) is 0 Å². The van der Waals surface area contributed by atoms with E-state index in [1.54, 1.807) is 12.1 Å². The van der Waals surface area contributed by atoms with Gasteiger partial charge in [0.05, 0.1) is 4.90 Å². The van der Waals surface area contributed by atoms with Crippen molar-refractivity contribution in [2.24, 2.45) is 0 Å². The monoisotopic (exact) mass is 353 g/mol. The number of aryl methyl sites for hydroxylation is 2. The molecule has 0 saturated heterocycles. The third-order valence-electron chi connectivity index (χ3n) is 3.62. The van der Waals surface area contributed by atoms with Crippen molar-refractivity contribution in [1.29, 1.82) is 0 Å². The van der Waals surface area contributed by atoms with Crippen molar-refractivity contribution in [3.8, 4) is 5.75 Å². The predicted molar refractivity (Wildman–Crippen MR) is 92.8 cm³/mol. The molecule has 0 aliphatic rings. The van der Waals surface area contributed by atoms with Crippen molar-refractivity contribution in [1.82, 2.24) is 4.72 Å². The minimum absolute atomic E-state index is 0.146. The molecule has 2 aromatic rings. The van der Waals surface area contributed by atoms with Gasteiger partial charge < -0.3 is 4.74 Å². The fraction of sp³-hybridized carbons (Fsp3) is 0.294. The molecule has 0 aliphatic carbocycles. The van der Waals surface area contributed by atoms with Gasteiger partial charge in [0.1, 0.15) is 12.4 Å². The summed E-state index contributed by atoms with van der Waals surface area (Å²) >= 11 is 5.82. The van der Waals surface area contributed by atoms with Crippen molar-refractivity contribution < 1.29 is 13.2 Å². The normalized spacial score (nSPS) is 11.5. The Balaban J connectivity index is 1.97. The summed E-state index contributed by atoms with van der Waals surface area (Å²) in [5.74, 6) is 0.812. The number of nitrogens with one attached hydrogen (secondary N) is 1. The van der Waals surface area contributed by atoms with Gasteiger partial charge in [-0.05, 0) is 55.7 Å². The largest absolute Gasteiger partial charge is 0.492 e. The summed E-state index contributed by atoms with van der Waals surface area (Å²) in [4.78, 5) is 0.146. The molecule has 0 heterocycles. The highest BCUT2D eigenvalue weighted by atomic mass is 35.5. The van der Waals surface area contributed by atoms with Crippen LogP contribution in [0.2, 0.25) is 5.02 Å². The molecule has 23 heavy (non-hydrogen) atoms. The second kappa shape index (κ2) is 7.34. The minimum atomic E-state index is -3.58. The predicted octanol–water partition coefficient (Wildman–Crippen LogP) is 3.62. The summed E-state index contributed by atoms with van der Waals surface area (Å²) in [5, 5.41) is 0.384. The Morgan fingerprint density at radius 1 is 1.09 bits per heavy atom. The molecule has 2 aromatic carbocycles. The molecule has 0 radical (unpaired) electrons. The Morgan fingerprint density at radius 2 is 1.78 bits per heavy atom. The van der Waals surface area contributed by atoms with Crippen LogP contribution < -0.4 is 9.46 Å². The highest BCUT2D eigenvalue weighted by Gasteiger charge is 2.14. The molecule has 1 N–H and O–H groups in total. The van der Waals surface area contributed by atoms with Crippen LogP contribution in [0.3, 0.4) is 0 Å². The Morgan fingerprint density at radius 3 is 2.48 bits per heavy atom. The lowest BCUT2D eigenvalue weighted by Gasteiger charge is -2.14. The molecule has 0 spiro atoms. The second-order valence-electron chi connectivity index (χ2n) is 5.36.